The van der Waals surface area contributed by atoms with Gasteiger partial charge in [0.15, 0.2) is 11.6 Å². The van der Waals surface area contributed by atoms with E-state index in [-0.39, 0.29) is 5.41 Å². The van der Waals surface area contributed by atoms with Crippen molar-refractivity contribution in [3.8, 4) is 5.75 Å². The quantitative estimate of drug-likeness (QED) is 0.754. The van der Waals surface area contributed by atoms with Gasteiger partial charge in [-0.05, 0) is 25.0 Å². The van der Waals surface area contributed by atoms with Crippen molar-refractivity contribution in [3.63, 3.8) is 0 Å². The van der Waals surface area contributed by atoms with E-state index in [0.29, 0.717) is 12.4 Å². The van der Waals surface area contributed by atoms with Crippen LogP contribution in [0.2, 0.25) is 0 Å². The van der Waals surface area contributed by atoms with Crippen molar-refractivity contribution < 1.29 is 13.5 Å². The van der Waals surface area contributed by atoms with Crippen molar-refractivity contribution >= 4 is 15.9 Å². The molecular formula is C13H15BrF2O. The Morgan fingerprint density at radius 1 is 1.18 bits per heavy atom. The van der Waals surface area contributed by atoms with E-state index in [4.69, 9.17) is 4.74 Å². The third-order valence-electron chi connectivity index (χ3n) is 3.38. The van der Waals surface area contributed by atoms with Gasteiger partial charge in [-0.2, -0.15) is 0 Å². The summed E-state index contributed by atoms with van der Waals surface area (Å²) in [4.78, 5) is 0. The second-order valence-corrected chi connectivity index (χ2v) is 5.27. The molecule has 0 atom stereocenters. The molecule has 1 nitrogen and oxygen atoms in total. The van der Waals surface area contributed by atoms with Crippen molar-refractivity contribution in [1.82, 2.24) is 0 Å². The van der Waals surface area contributed by atoms with E-state index in [0.717, 1.165) is 30.3 Å². The molecule has 1 aromatic rings. The van der Waals surface area contributed by atoms with E-state index in [1.165, 1.54) is 18.9 Å². The van der Waals surface area contributed by atoms with Gasteiger partial charge in [0.1, 0.15) is 5.75 Å². The van der Waals surface area contributed by atoms with Gasteiger partial charge in [0.05, 0.1) is 6.61 Å². The Kier molecular flexibility index (Phi) is 4.02. The number of ether oxygens (including phenoxy) is 1. The molecule has 17 heavy (non-hydrogen) atoms. The van der Waals surface area contributed by atoms with Crippen LogP contribution in [0.4, 0.5) is 8.78 Å². The van der Waals surface area contributed by atoms with Gasteiger partial charge in [-0.3, -0.25) is 0 Å². The molecule has 1 saturated carbocycles. The van der Waals surface area contributed by atoms with Crippen molar-refractivity contribution in [2.75, 3.05) is 11.9 Å². The highest BCUT2D eigenvalue weighted by molar-refractivity contribution is 9.09. The lowest BCUT2D eigenvalue weighted by molar-refractivity contribution is 0.173. The smallest absolute Gasteiger partial charge is 0.162 e. The van der Waals surface area contributed by atoms with Crippen molar-refractivity contribution in [2.45, 2.75) is 25.7 Å². The van der Waals surface area contributed by atoms with Gasteiger partial charge in [0.25, 0.3) is 0 Å². The monoisotopic (exact) mass is 304 g/mol. The highest BCUT2D eigenvalue weighted by Gasteiger charge is 2.33. The average molecular weight is 305 g/mol. The third kappa shape index (κ3) is 2.97. The summed E-state index contributed by atoms with van der Waals surface area (Å²) in [7, 11) is 0. The first-order chi connectivity index (χ1) is 8.15. The Morgan fingerprint density at radius 2 is 1.88 bits per heavy atom. The molecule has 0 radical (unpaired) electrons. The molecule has 1 aromatic carbocycles. The van der Waals surface area contributed by atoms with Crippen LogP contribution < -0.4 is 4.74 Å². The van der Waals surface area contributed by atoms with Crippen LogP contribution in [0.3, 0.4) is 0 Å². The molecule has 0 heterocycles. The number of halogens is 3. The van der Waals surface area contributed by atoms with Crippen LogP contribution in [0.1, 0.15) is 25.7 Å². The SMILES string of the molecule is Fc1ccc(OCC2(CBr)CCCC2)cc1F. The minimum atomic E-state index is -0.859. The van der Waals surface area contributed by atoms with Crippen molar-refractivity contribution in [2.24, 2.45) is 5.41 Å². The second kappa shape index (κ2) is 5.34. The Hall–Kier alpha value is -0.640. The van der Waals surface area contributed by atoms with Crippen LogP contribution in [-0.4, -0.2) is 11.9 Å². The first kappa shape index (κ1) is 12.8. The minimum absolute atomic E-state index is 0.158. The van der Waals surface area contributed by atoms with E-state index in [9.17, 15) is 8.78 Å². The van der Waals surface area contributed by atoms with E-state index in [1.54, 1.807) is 0 Å². The molecule has 2 rings (SSSR count). The Bertz CT molecular complexity index is 389. The van der Waals surface area contributed by atoms with Gasteiger partial charge in [-0.15, -0.1) is 0 Å². The van der Waals surface area contributed by atoms with Crippen molar-refractivity contribution in [3.05, 3.63) is 29.8 Å². The Labute approximate surface area is 108 Å². The lowest BCUT2D eigenvalue weighted by atomic mass is 9.90. The maximum atomic E-state index is 13.0. The highest BCUT2D eigenvalue weighted by Crippen LogP contribution is 2.40. The summed E-state index contributed by atoms with van der Waals surface area (Å²) in [6.07, 6.45) is 4.68. The molecule has 1 fully saturated rings. The molecule has 94 valence electrons. The number of alkyl halides is 1. The molecule has 0 spiro atoms. The molecule has 1 aliphatic rings. The maximum absolute atomic E-state index is 13.0. The van der Waals surface area contributed by atoms with Gasteiger partial charge in [0, 0.05) is 16.8 Å². The summed E-state index contributed by atoms with van der Waals surface area (Å²) < 4.78 is 31.3. The summed E-state index contributed by atoms with van der Waals surface area (Å²) in [6.45, 7) is 0.559. The standard InChI is InChI=1S/C13H15BrF2O/c14-8-13(5-1-2-6-13)9-17-10-3-4-11(15)12(16)7-10/h3-4,7H,1-2,5-6,8-9H2. The molecule has 0 bridgehead atoms. The molecule has 0 aromatic heterocycles. The largest absolute Gasteiger partial charge is 0.493 e. The van der Waals surface area contributed by atoms with Crippen LogP contribution in [0, 0.1) is 17.0 Å². The third-order valence-corrected chi connectivity index (χ3v) is 4.57. The molecule has 1 aliphatic carbocycles. The number of rotatable bonds is 4. The molecule has 0 aliphatic heterocycles. The van der Waals surface area contributed by atoms with Crippen LogP contribution in [0.25, 0.3) is 0 Å². The fourth-order valence-electron chi connectivity index (χ4n) is 2.24. The van der Waals surface area contributed by atoms with Gasteiger partial charge < -0.3 is 4.74 Å². The lowest BCUT2D eigenvalue weighted by Gasteiger charge is -2.26. The Balaban J connectivity index is 1.99. The van der Waals surface area contributed by atoms with Gasteiger partial charge in [-0.25, -0.2) is 8.78 Å². The maximum Gasteiger partial charge on any atom is 0.162 e. The first-order valence-corrected chi connectivity index (χ1v) is 6.91. The zero-order chi connectivity index (χ0) is 12.3. The molecular weight excluding hydrogens is 290 g/mol. The predicted octanol–water partition coefficient (Wildman–Crippen LogP) is 4.30. The van der Waals surface area contributed by atoms with E-state index >= 15 is 0 Å². The second-order valence-electron chi connectivity index (χ2n) is 4.71. The molecule has 4 heteroatoms. The van der Waals surface area contributed by atoms with Crippen LogP contribution in [-0.2, 0) is 0 Å². The van der Waals surface area contributed by atoms with Crippen LogP contribution >= 0.6 is 15.9 Å². The highest BCUT2D eigenvalue weighted by atomic mass is 79.9. The lowest BCUT2D eigenvalue weighted by Crippen LogP contribution is -2.27. The summed E-state index contributed by atoms with van der Waals surface area (Å²) in [6, 6.07) is 3.67. The number of hydrogen-bond donors (Lipinski definition) is 0. The number of hydrogen-bond acceptors (Lipinski definition) is 1. The summed E-state index contributed by atoms with van der Waals surface area (Å²) >= 11 is 3.52. The van der Waals surface area contributed by atoms with Gasteiger partial charge in [0.2, 0.25) is 0 Å². The zero-order valence-electron chi connectivity index (χ0n) is 9.52. The van der Waals surface area contributed by atoms with E-state index in [1.807, 2.05) is 0 Å². The average Bonchev–Trinajstić information content (AvgIpc) is 2.80. The van der Waals surface area contributed by atoms with Gasteiger partial charge in [-0.1, -0.05) is 28.8 Å². The Morgan fingerprint density at radius 3 is 2.47 bits per heavy atom. The summed E-state index contributed by atoms with van der Waals surface area (Å²) in [5, 5.41) is 0.893. The molecule has 0 amide bonds. The number of benzene rings is 1. The predicted molar refractivity (Wildman–Crippen MR) is 66.5 cm³/mol. The summed E-state index contributed by atoms with van der Waals surface area (Å²) in [5.41, 5.74) is 0.158. The molecule has 0 N–H and O–H groups in total. The van der Waals surface area contributed by atoms with Crippen LogP contribution in [0.5, 0.6) is 5.75 Å². The normalized spacial score (nSPS) is 18.3. The fourth-order valence-corrected chi connectivity index (χ4v) is 2.97. The van der Waals surface area contributed by atoms with Crippen molar-refractivity contribution in [1.29, 1.82) is 0 Å². The van der Waals surface area contributed by atoms with Crippen LogP contribution in [0.15, 0.2) is 18.2 Å². The summed E-state index contributed by atoms with van der Waals surface area (Å²) in [5.74, 6) is -1.30. The topological polar surface area (TPSA) is 9.23 Å². The first-order valence-electron chi connectivity index (χ1n) is 5.79. The van der Waals surface area contributed by atoms with Gasteiger partial charge >= 0.3 is 0 Å². The minimum Gasteiger partial charge on any atom is -0.493 e. The van der Waals surface area contributed by atoms with E-state index < -0.39 is 11.6 Å². The molecule has 0 unspecified atom stereocenters. The molecule has 0 saturated heterocycles. The zero-order valence-corrected chi connectivity index (χ0v) is 11.1. The fraction of sp³-hybridized carbons (Fsp3) is 0.538. The van der Waals surface area contributed by atoms with E-state index in [2.05, 4.69) is 15.9 Å².